The van der Waals surface area contributed by atoms with E-state index in [1.54, 1.807) is 0 Å². The van der Waals surface area contributed by atoms with Crippen molar-refractivity contribution in [3.05, 3.63) is 76.5 Å². The molecule has 0 saturated carbocycles. The summed E-state index contributed by atoms with van der Waals surface area (Å²) in [5.41, 5.74) is 12.6. The van der Waals surface area contributed by atoms with Gasteiger partial charge in [0, 0.05) is 11.3 Å². The molecule has 0 saturated heterocycles. The van der Waals surface area contributed by atoms with Crippen LogP contribution in [0.25, 0.3) is 22.4 Å². The van der Waals surface area contributed by atoms with Gasteiger partial charge < -0.3 is 0 Å². The maximum atomic E-state index is 5.04. The molecule has 1 heterocycles. The Morgan fingerprint density at radius 2 is 1.30 bits per heavy atom. The number of aryl methyl sites for hydroxylation is 3. The minimum atomic E-state index is 1.11. The zero-order valence-corrected chi connectivity index (χ0v) is 13.4. The van der Waals surface area contributed by atoms with Crippen LogP contribution in [-0.2, 0) is 25.7 Å². The fourth-order valence-corrected chi connectivity index (χ4v) is 4.35. The molecule has 0 N–H and O–H groups in total. The van der Waals surface area contributed by atoms with Gasteiger partial charge in [-0.15, -0.1) is 0 Å². The molecular formula is C22H19N. The first kappa shape index (κ1) is 13.1. The normalized spacial score (nSPS) is 14.5. The Hall–Kier alpha value is -2.41. The number of hydrogen-bond acceptors (Lipinski definition) is 1. The van der Waals surface area contributed by atoms with Crippen LogP contribution in [0.5, 0.6) is 0 Å². The van der Waals surface area contributed by atoms with Gasteiger partial charge in [-0.3, -0.25) is 4.98 Å². The lowest BCUT2D eigenvalue weighted by Gasteiger charge is -2.29. The first-order valence-electron chi connectivity index (χ1n) is 8.52. The fourth-order valence-electron chi connectivity index (χ4n) is 4.35. The van der Waals surface area contributed by atoms with Gasteiger partial charge >= 0.3 is 0 Å². The van der Waals surface area contributed by atoms with Crippen molar-refractivity contribution in [3.63, 3.8) is 0 Å². The Morgan fingerprint density at radius 3 is 2.09 bits per heavy atom. The van der Waals surface area contributed by atoms with Crippen molar-refractivity contribution in [2.75, 3.05) is 0 Å². The van der Waals surface area contributed by atoms with Gasteiger partial charge in [-0.2, -0.15) is 0 Å². The van der Waals surface area contributed by atoms with Crippen molar-refractivity contribution < 1.29 is 0 Å². The van der Waals surface area contributed by atoms with E-state index < -0.39 is 0 Å². The van der Waals surface area contributed by atoms with Crippen molar-refractivity contribution in [3.8, 4) is 22.4 Å². The molecule has 0 amide bonds. The maximum absolute atomic E-state index is 5.04. The van der Waals surface area contributed by atoms with E-state index in [4.69, 9.17) is 4.98 Å². The first-order valence-corrected chi connectivity index (χ1v) is 8.52. The van der Waals surface area contributed by atoms with E-state index in [1.807, 2.05) is 0 Å². The Kier molecular flexibility index (Phi) is 2.72. The molecule has 0 atom stereocenters. The summed E-state index contributed by atoms with van der Waals surface area (Å²) >= 11 is 0. The molecule has 0 radical (unpaired) electrons. The van der Waals surface area contributed by atoms with Gasteiger partial charge in [-0.25, -0.2) is 0 Å². The zero-order chi connectivity index (χ0) is 15.4. The fraction of sp³-hybridized carbons (Fsp3) is 0.227. The molecule has 2 aliphatic carbocycles. The lowest BCUT2D eigenvalue weighted by molar-refractivity contribution is 0.873. The number of hydrogen-bond donors (Lipinski definition) is 0. The highest BCUT2D eigenvalue weighted by molar-refractivity contribution is 5.84. The molecule has 5 rings (SSSR count). The van der Waals surface area contributed by atoms with Gasteiger partial charge in [0.25, 0.3) is 0 Å². The van der Waals surface area contributed by atoms with Crippen molar-refractivity contribution in [1.82, 2.24) is 4.98 Å². The van der Waals surface area contributed by atoms with E-state index in [9.17, 15) is 0 Å². The second-order valence-electron chi connectivity index (χ2n) is 6.69. The average molecular weight is 297 g/mol. The summed E-state index contributed by atoms with van der Waals surface area (Å²) in [7, 11) is 0. The Morgan fingerprint density at radius 1 is 0.696 bits per heavy atom. The van der Waals surface area contributed by atoms with Crippen molar-refractivity contribution in [1.29, 1.82) is 0 Å². The SMILES string of the molecule is Cc1nc2c(c3c1CCc1ccccc1-3)CCc1ccccc1-2. The number of benzene rings is 2. The molecular weight excluding hydrogens is 278 g/mol. The predicted octanol–water partition coefficient (Wildman–Crippen LogP) is 4.92. The molecule has 0 spiro atoms. The summed E-state index contributed by atoms with van der Waals surface area (Å²) in [6.45, 7) is 2.18. The van der Waals surface area contributed by atoms with Crippen LogP contribution in [0.15, 0.2) is 48.5 Å². The third kappa shape index (κ3) is 1.83. The summed E-state index contributed by atoms with van der Waals surface area (Å²) in [5, 5.41) is 0. The molecule has 112 valence electrons. The molecule has 2 aliphatic rings. The van der Waals surface area contributed by atoms with Crippen molar-refractivity contribution in [2.24, 2.45) is 0 Å². The summed E-state index contributed by atoms with van der Waals surface area (Å²) < 4.78 is 0. The zero-order valence-electron chi connectivity index (χ0n) is 13.4. The maximum Gasteiger partial charge on any atom is 0.0746 e. The van der Waals surface area contributed by atoms with E-state index in [1.165, 1.54) is 50.3 Å². The molecule has 1 nitrogen and oxygen atoms in total. The van der Waals surface area contributed by atoms with E-state index in [0.717, 1.165) is 25.7 Å². The largest absolute Gasteiger partial charge is 0.253 e. The second-order valence-corrected chi connectivity index (χ2v) is 6.69. The number of pyridine rings is 1. The molecule has 0 fully saturated rings. The van der Waals surface area contributed by atoms with Crippen LogP contribution in [0, 0.1) is 6.92 Å². The quantitative estimate of drug-likeness (QED) is 0.574. The van der Waals surface area contributed by atoms with Crippen LogP contribution in [0.3, 0.4) is 0 Å². The van der Waals surface area contributed by atoms with Crippen molar-refractivity contribution >= 4 is 0 Å². The van der Waals surface area contributed by atoms with Crippen LogP contribution in [0.2, 0.25) is 0 Å². The molecule has 0 bridgehead atoms. The molecule has 0 unspecified atom stereocenters. The van der Waals surface area contributed by atoms with Gasteiger partial charge in [0.15, 0.2) is 0 Å². The van der Waals surface area contributed by atoms with Gasteiger partial charge in [-0.1, -0.05) is 48.5 Å². The highest BCUT2D eigenvalue weighted by Gasteiger charge is 2.27. The molecule has 2 aromatic carbocycles. The van der Waals surface area contributed by atoms with Gasteiger partial charge in [0.1, 0.15) is 0 Å². The lowest BCUT2D eigenvalue weighted by Crippen LogP contribution is -2.15. The minimum absolute atomic E-state index is 1.11. The average Bonchev–Trinajstić information content (AvgIpc) is 2.61. The van der Waals surface area contributed by atoms with Crippen LogP contribution in [-0.4, -0.2) is 4.98 Å². The smallest absolute Gasteiger partial charge is 0.0746 e. The van der Waals surface area contributed by atoms with E-state index in [2.05, 4.69) is 55.5 Å². The lowest BCUT2D eigenvalue weighted by atomic mass is 9.77. The summed E-state index contributed by atoms with van der Waals surface area (Å²) in [5.74, 6) is 0. The van der Waals surface area contributed by atoms with Crippen molar-refractivity contribution in [2.45, 2.75) is 32.6 Å². The van der Waals surface area contributed by atoms with E-state index in [0.29, 0.717) is 0 Å². The first-order chi connectivity index (χ1) is 11.3. The Bertz CT molecular complexity index is 937. The topological polar surface area (TPSA) is 12.9 Å². The molecule has 1 heteroatoms. The number of rotatable bonds is 0. The van der Waals surface area contributed by atoms with Crippen LogP contribution < -0.4 is 0 Å². The van der Waals surface area contributed by atoms with Crippen LogP contribution >= 0.6 is 0 Å². The molecule has 23 heavy (non-hydrogen) atoms. The predicted molar refractivity (Wildman–Crippen MR) is 94.7 cm³/mol. The van der Waals surface area contributed by atoms with Gasteiger partial charge in [-0.05, 0) is 66.0 Å². The number of aromatic nitrogens is 1. The molecule has 0 aliphatic heterocycles. The highest BCUT2D eigenvalue weighted by atomic mass is 14.7. The standard InChI is InChI=1S/C22H19N/c1-14-17-12-10-15-6-2-4-8-18(15)21(17)20-13-11-16-7-3-5-9-19(16)22(20)23-14/h2-9H,10-13H2,1H3. The Labute approximate surface area is 137 Å². The second kappa shape index (κ2) is 4.79. The summed E-state index contributed by atoms with van der Waals surface area (Å²) in [6, 6.07) is 17.7. The Balaban J connectivity index is 1.87. The summed E-state index contributed by atoms with van der Waals surface area (Å²) in [4.78, 5) is 5.04. The minimum Gasteiger partial charge on any atom is -0.253 e. The number of fused-ring (bicyclic) bond motifs is 7. The molecule has 3 aromatic rings. The summed E-state index contributed by atoms with van der Waals surface area (Å²) in [6.07, 6.45) is 4.50. The monoisotopic (exact) mass is 297 g/mol. The van der Waals surface area contributed by atoms with E-state index in [-0.39, 0.29) is 0 Å². The van der Waals surface area contributed by atoms with Gasteiger partial charge in [0.2, 0.25) is 0 Å². The number of nitrogens with zero attached hydrogens (tertiary/aromatic N) is 1. The van der Waals surface area contributed by atoms with Crippen LogP contribution in [0.4, 0.5) is 0 Å². The third-order valence-electron chi connectivity index (χ3n) is 5.45. The van der Waals surface area contributed by atoms with E-state index >= 15 is 0 Å². The molecule has 1 aromatic heterocycles. The van der Waals surface area contributed by atoms with Crippen LogP contribution in [0.1, 0.15) is 27.9 Å². The van der Waals surface area contributed by atoms with Gasteiger partial charge in [0.05, 0.1) is 5.69 Å². The third-order valence-corrected chi connectivity index (χ3v) is 5.45. The highest BCUT2D eigenvalue weighted by Crippen LogP contribution is 2.43.